The number of benzene rings is 1. The van der Waals surface area contributed by atoms with Crippen LogP contribution >= 0.6 is 0 Å². The van der Waals surface area contributed by atoms with E-state index < -0.39 is 11.9 Å². The maximum Gasteiger partial charge on any atom is 0.308 e. The van der Waals surface area contributed by atoms with Crippen LogP contribution in [0.2, 0.25) is 0 Å². The van der Waals surface area contributed by atoms with Gasteiger partial charge in [-0.1, -0.05) is 19.1 Å². The van der Waals surface area contributed by atoms with Gasteiger partial charge in [-0.25, -0.2) is 0 Å². The Morgan fingerprint density at radius 1 is 1.53 bits per heavy atom. The van der Waals surface area contributed by atoms with Crippen LogP contribution in [0.25, 0.3) is 0 Å². The average Bonchev–Trinajstić information content (AvgIpc) is 2.33. The molecule has 0 saturated carbocycles. The summed E-state index contributed by atoms with van der Waals surface area (Å²) in [5.74, 6) is -0.602. The molecule has 1 aromatic rings. The summed E-state index contributed by atoms with van der Waals surface area (Å²) < 4.78 is 5.49. The van der Waals surface area contributed by atoms with E-state index in [1.165, 1.54) is 0 Å². The molecular weight excluding hydrogens is 218 g/mol. The number of hydrogen-bond acceptors (Lipinski definition) is 3. The van der Waals surface area contributed by atoms with Crippen molar-refractivity contribution in [1.82, 2.24) is 0 Å². The second-order valence-corrected chi connectivity index (χ2v) is 3.97. The lowest BCUT2D eigenvalue weighted by molar-refractivity contribution is -0.141. The molecule has 0 radical (unpaired) electrons. The van der Waals surface area contributed by atoms with E-state index >= 15 is 0 Å². The maximum atomic E-state index is 10.9. The van der Waals surface area contributed by atoms with Gasteiger partial charge in [-0.3, -0.25) is 4.79 Å². The predicted molar refractivity (Wildman–Crippen MR) is 66.1 cm³/mol. The molecule has 17 heavy (non-hydrogen) atoms. The van der Waals surface area contributed by atoms with Crippen molar-refractivity contribution in [2.75, 3.05) is 13.2 Å². The Morgan fingerprint density at radius 2 is 2.29 bits per heavy atom. The molecule has 1 atom stereocenters. The topological polar surface area (TPSA) is 72.5 Å². The molecular formula is C13H19NO3. The van der Waals surface area contributed by atoms with Crippen molar-refractivity contribution < 1.29 is 14.6 Å². The van der Waals surface area contributed by atoms with Crippen LogP contribution in [-0.2, 0) is 11.2 Å². The predicted octanol–water partition coefficient (Wildman–Crippen LogP) is 1.68. The monoisotopic (exact) mass is 237 g/mol. The summed E-state index contributed by atoms with van der Waals surface area (Å²) in [6.45, 7) is 2.86. The number of carbonyl (C=O) groups is 1. The van der Waals surface area contributed by atoms with E-state index in [1.54, 1.807) is 0 Å². The van der Waals surface area contributed by atoms with Gasteiger partial charge < -0.3 is 15.6 Å². The highest BCUT2D eigenvalue weighted by Crippen LogP contribution is 2.16. The second kappa shape index (κ2) is 6.91. The smallest absolute Gasteiger partial charge is 0.308 e. The van der Waals surface area contributed by atoms with Gasteiger partial charge >= 0.3 is 5.97 Å². The summed E-state index contributed by atoms with van der Waals surface area (Å²) in [5.41, 5.74) is 6.37. The molecule has 4 nitrogen and oxygen atoms in total. The zero-order chi connectivity index (χ0) is 12.7. The Balaban J connectivity index is 2.67. The first-order chi connectivity index (χ1) is 8.17. The molecule has 1 aromatic carbocycles. The molecule has 0 aliphatic carbocycles. The van der Waals surface area contributed by atoms with Crippen molar-refractivity contribution in [2.45, 2.75) is 19.8 Å². The van der Waals surface area contributed by atoms with Gasteiger partial charge in [0, 0.05) is 6.54 Å². The highest BCUT2D eigenvalue weighted by Gasteiger charge is 2.15. The minimum Gasteiger partial charge on any atom is -0.494 e. The maximum absolute atomic E-state index is 10.9. The summed E-state index contributed by atoms with van der Waals surface area (Å²) in [6, 6.07) is 7.51. The van der Waals surface area contributed by atoms with E-state index in [-0.39, 0.29) is 6.54 Å². The Kier molecular flexibility index (Phi) is 5.49. The molecule has 3 N–H and O–H groups in total. The molecule has 1 rings (SSSR count). The van der Waals surface area contributed by atoms with E-state index in [0.717, 1.165) is 17.7 Å². The van der Waals surface area contributed by atoms with E-state index in [2.05, 4.69) is 0 Å². The highest BCUT2D eigenvalue weighted by atomic mass is 16.5. The van der Waals surface area contributed by atoms with Crippen molar-refractivity contribution in [3.63, 3.8) is 0 Å². The lowest BCUT2D eigenvalue weighted by Crippen LogP contribution is -2.25. The first-order valence-electron chi connectivity index (χ1n) is 5.82. The summed E-state index contributed by atoms with van der Waals surface area (Å²) in [6.07, 6.45) is 1.39. The molecule has 0 heterocycles. The van der Waals surface area contributed by atoms with Gasteiger partial charge in [0.2, 0.25) is 0 Å². The number of rotatable bonds is 7. The third kappa shape index (κ3) is 4.44. The fraction of sp³-hybridized carbons (Fsp3) is 0.462. The fourth-order valence-electron chi connectivity index (χ4n) is 1.54. The van der Waals surface area contributed by atoms with Gasteiger partial charge in [0.25, 0.3) is 0 Å². The molecule has 0 aliphatic heterocycles. The van der Waals surface area contributed by atoms with Crippen molar-refractivity contribution in [3.05, 3.63) is 29.8 Å². The summed E-state index contributed by atoms with van der Waals surface area (Å²) in [7, 11) is 0. The van der Waals surface area contributed by atoms with Crippen LogP contribution < -0.4 is 10.5 Å². The lowest BCUT2D eigenvalue weighted by atomic mass is 9.99. The van der Waals surface area contributed by atoms with E-state index in [4.69, 9.17) is 15.6 Å². The van der Waals surface area contributed by atoms with Crippen LogP contribution in [0.4, 0.5) is 0 Å². The molecule has 1 unspecified atom stereocenters. The highest BCUT2D eigenvalue weighted by molar-refractivity contribution is 5.70. The van der Waals surface area contributed by atoms with Gasteiger partial charge in [0.05, 0.1) is 12.5 Å². The van der Waals surface area contributed by atoms with Crippen LogP contribution in [-0.4, -0.2) is 24.2 Å². The van der Waals surface area contributed by atoms with Gasteiger partial charge in [-0.2, -0.15) is 0 Å². The molecule has 4 heteroatoms. The summed E-state index contributed by atoms with van der Waals surface area (Å²) >= 11 is 0. The molecule has 0 amide bonds. The third-order valence-electron chi connectivity index (χ3n) is 2.49. The van der Waals surface area contributed by atoms with Gasteiger partial charge in [-0.05, 0) is 30.5 Å². The van der Waals surface area contributed by atoms with Gasteiger partial charge in [0.1, 0.15) is 5.75 Å². The Morgan fingerprint density at radius 3 is 2.88 bits per heavy atom. The van der Waals surface area contributed by atoms with Crippen LogP contribution in [0.1, 0.15) is 18.9 Å². The van der Waals surface area contributed by atoms with Crippen LogP contribution in [0.15, 0.2) is 24.3 Å². The van der Waals surface area contributed by atoms with Crippen molar-refractivity contribution >= 4 is 5.97 Å². The number of aliphatic carboxylic acids is 1. The fourth-order valence-corrected chi connectivity index (χ4v) is 1.54. The van der Waals surface area contributed by atoms with E-state index in [1.807, 2.05) is 31.2 Å². The number of ether oxygens (including phenoxy) is 1. The first kappa shape index (κ1) is 13.5. The minimum absolute atomic E-state index is 0.148. The van der Waals surface area contributed by atoms with Gasteiger partial charge in [-0.15, -0.1) is 0 Å². The van der Waals surface area contributed by atoms with Gasteiger partial charge in [0.15, 0.2) is 0 Å². The Bertz CT molecular complexity index is 365. The number of hydrogen-bond donors (Lipinski definition) is 2. The average molecular weight is 237 g/mol. The van der Waals surface area contributed by atoms with Crippen molar-refractivity contribution in [3.8, 4) is 5.75 Å². The second-order valence-electron chi connectivity index (χ2n) is 3.97. The molecule has 0 bridgehead atoms. The van der Waals surface area contributed by atoms with Crippen LogP contribution in [0.3, 0.4) is 0 Å². The minimum atomic E-state index is -0.854. The van der Waals surface area contributed by atoms with E-state index in [0.29, 0.717) is 13.0 Å². The van der Waals surface area contributed by atoms with Crippen LogP contribution in [0, 0.1) is 5.92 Å². The normalized spacial score (nSPS) is 12.1. The summed E-state index contributed by atoms with van der Waals surface area (Å²) in [4.78, 5) is 10.9. The number of carboxylic acids is 1. The van der Waals surface area contributed by atoms with E-state index in [9.17, 15) is 4.79 Å². The molecule has 0 aliphatic rings. The number of carboxylic acid groups (broad SMARTS) is 1. The zero-order valence-electron chi connectivity index (χ0n) is 10.1. The molecule has 0 aromatic heterocycles. The molecule has 94 valence electrons. The van der Waals surface area contributed by atoms with Crippen molar-refractivity contribution in [1.29, 1.82) is 0 Å². The molecule has 0 fully saturated rings. The first-order valence-corrected chi connectivity index (χ1v) is 5.82. The Labute approximate surface area is 101 Å². The third-order valence-corrected chi connectivity index (χ3v) is 2.49. The largest absolute Gasteiger partial charge is 0.494 e. The zero-order valence-corrected chi connectivity index (χ0v) is 10.1. The quantitative estimate of drug-likeness (QED) is 0.756. The molecule has 0 spiro atoms. The standard InChI is InChI=1S/C13H19NO3/c1-2-6-17-12-5-3-4-10(8-12)7-11(9-14)13(15)16/h3-5,8,11H,2,6-7,9,14H2,1H3,(H,15,16). The van der Waals surface area contributed by atoms with Crippen LogP contribution in [0.5, 0.6) is 5.75 Å². The lowest BCUT2D eigenvalue weighted by Gasteiger charge is -2.11. The molecule has 0 saturated heterocycles. The summed E-state index contributed by atoms with van der Waals surface area (Å²) in [5, 5.41) is 8.93. The number of nitrogens with two attached hydrogens (primary N) is 1. The SMILES string of the molecule is CCCOc1cccc(CC(CN)C(=O)O)c1. The Hall–Kier alpha value is -1.55. The van der Waals surface area contributed by atoms with Crippen molar-refractivity contribution in [2.24, 2.45) is 11.7 Å².